The Labute approximate surface area is 80.9 Å². The molecule has 0 aliphatic carbocycles. The van der Waals surface area contributed by atoms with Gasteiger partial charge in [-0.1, -0.05) is 31.5 Å². The van der Waals surface area contributed by atoms with Crippen molar-refractivity contribution >= 4 is 32.2 Å². The first-order valence-electron chi connectivity index (χ1n) is 3.54. The molecule has 0 spiro atoms. The van der Waals surface area contributed by atoms with Crippen LogP contribution in [0.4, 0.5) is 0 Å². The molecule has 11 heavy (non-hydrogen) atoms. The van der Waals surface area contributed by atoms with E-state index in [1.165, 1.54) is 5.54 Å². The van der Waals surface area contributed by atoms with Crippen LogP contribution in [0.2, 0.25) is 0 Å². The monoisotopic (exact) mass is 238 g/mol. The zero-order valence-corrected chi connectivity index (χ0v) is 9.02. The minimum absolute atomic E-state index is 0.0463. The molecule has 0 aliphatic heterocycles. The fraction of sp³-hybridized carbons (Fsp3) is 0.625. The summed E-state index contributed by atoms with van der Waals surface area (Å²) >= 11 is 8.30. The highest BCUT2D eigenvalue weighted by Gasteiger charge is 2.17. The van der Waals surface area contributed by atoms with Crippen molar-refractivity contribution in [3.8, 4) is 0 Å². The van der Waals surface area contributed by atoms with Gasteiger partial charge >= 0.3 is 0 Å². The molecular weight excluding hydrogens is 227 g/mol. The van der Waals surface area contributed by atoms with Crippen LogP contribution in [0.15, 0.2) is 11.6 Å². The quantitative estimate of drug-likeness (QED) is 0.688. The normalized spacial score (nSPS) is 14.3. The van der Waals surface area contributed by atoms with Crippen LogP contribution in [0.3, 0.4) is 0 Å². The van der Waals surface area contributed by atoms with Crippen LogP contribution in [-0.4, -0.2) is 4.69 Å². The maximum absolute atomic E-state index is 10.9. The van der Waals surface area contributed by atoms with E-state index in [1.807, 2.05) is 13.8 Å². The molecule has 1 atom stereocenters. The van der Waals surface area contributed by atoms with E-state index in [2.05, 4.69) is 15.9 Å². The topological polar surface area (TPSA) is 17.1 Å². The molecule has 64 valence electrons. The molecule has 0 heterocycles. The number of carbonyl (C=O) groups excluding carboxylic acids is 1. The molecule has 0 fully saturated rings. The number of rotatable bonds is 4. The van der Waals surface area contributed by atoms with E-state index in [0.29, 0.717) is 12.3 Å². The fourth-order valence-electron chi connectivity index (χ4n) is 0.825. The average Bonchev–Trinajstić information content (AvgIpc) is 1.87. The SMILES string of the molecule is CC(C)C(C/C=C/Cl)C(=O)Br. The maximum atomic E-state index is 10.9. The van der Waals surface area contributed by atoms with Crippen LogP contribution in [0.1, 0.15) is 20.3 Å². The zero-order valence-electron chi connectivity index (χ0n) is 6.68. The number of carbonyl (C=O) groups is 1. The standard InChI is InChI=1S/C8H12BrClO/c1-6(2)7(8(9)11)4-3-5-10/h3,5-7H,4H2,1-2H3/b5-3+. The van der Waals surface area contributed by atoms with Gasteiger partial charge in [-0.05, 0) is 28.3 Å². The molecule has 0 saturated heterocycles. The van der Waals surface area contributed by atoms with Gasteiger partial charge in [-0.25, -0.2) is 0 Å². The van der Waals surface area contributed by atoms with Crippen molar-refractivity contribution in [2.75, 3.05) is 0 Å². The fourth-order valence-corrected chi connectivity index (χ4v) is 1.64. The van der Waals surface area contributed by atoms with Gasteiger partial charge in [0.15, 0.2) is 0 Å². The average molecular weight is 240 g/mol. The molecule has 0 N–H and O–H groups in total. The summed E-state index contributed by atoms with van der Waals surface area (Å²) < 4.78 is 0.0577. The van der Waals surface area contributed by atoms with E-state index in [-0.39, 0.29) is 10.6 Å². The molecule has 0 saturated carbocycles. The van der Waals surface area contributed by atoms with Crippen LogP contribution in [-0.2, 0) is 4.79 Å². The first-order valence-corrected chi connectivity index (χ1v) is 4.77. The molecule has 1 unspecified atom stereocenters. The molecule has 3 heteroatoms. The summed E-state index contributed by atoms with van der Waals surface area (Å²) in [5, 5.41) is 0. The van der Waals surface area contributed by atoms with Crippen LogP contribution >= 0.6 is 27.5 Å². The minimum atomic E-state index is 0.0463. The van der Waals surface area contributed by atoms with Gasteiger partial charge in [0.1, 0.15) is 0 Å². The van der Waals surface area contributed by atoms with E-state index in [1.54, 1.807) is 6.08 Å². The molecule has 0 aliphatic rings. The third kappa shape index (κ3) is 4.59. The van der Waals surface area contributed by atoms with Gasteiger partial charge in [0.2, 0.25) is 4.69 Å². The predicted octanol–water partition coefficient (Wildman–Crippen LogP) is 3.32. The van der Waals surface area contributed by atoms with E-state index in [0.717, 1.165) is 0 Å². The summed E-state index contributed by atoms with van der Waals surface area (Å²) in [5.74, 6) is 0.403. The third-order valence-electron chi connectivity index (χ3n) is 1.58. The Kier molecular flexibility index (Phi) is 5.88. The van der Waals surface area contributed by atoms with Crippen LogP contribution in [0, 0.1) is 11.8 Å². The Balaban J connectivity index is 4.00. The third-order valence-corrected chi connectivity index (χ3v) is 2.34. The summed E-state index contributed by atoms with van der Waals surface area (Å²) in [4.78, 5) is 10.9. The Morgan fingerprint density at radius 1 is 1.64 bits per heavy atom. The number of allylic oxidation sites excluding steroid dienone is 1. The second kappa shape index (κ2) is 5.78. The van der Waals surface area contributed by atoms with Gasteiger partial charge < -0.3 is 0 Å². The largest absolute Gasteiger partial charge is 0.286 e. The Morgan fingerprint density at radius 3 is 2.45 bits per heavy atom. The van der Waals surface area contributed by atoms with Crippen LogP contribution in [0.25, 0.3) is 0 Å². The maximum Gasteiger partial charge on any atom is 0.201 e. The Morgan fingerprint density at radius 2 is 2.18 bits per heavy atom. The van der Waals surface area contributed by atoms with E-state index < -0.39 is 0 Å². The molecule has 0 aromatic carbocycles. The zero-order chi connectivity index (χ0) is 8.85. The molecule has 0 aromatic heterocycles. The molecule has 0 amide bonds. The van der Waals surface area contributed by atoms with Crippen molar-refractivity contribution in [3.05, 3.63) is 11.6 Å². The van der Waals surface area contributed by atoms with Gasteiger partial charge in [0.25, 0.3) is 0 Å². The van der Waals surface area contributed by atoms with Gasteiger partial charge in [0, 0.05) is 11.5 Å². The highest BCUT2D eigenvalue weighted by molar-refractivity contribution is 9.18. The first-order chi connectivity index (χ1) is 5.09. The van der Waals surface area contributed by atoms with Crippen molar-refractivity contribution in [2.45, 2.75) is 20.3 Å². The van der Waals surface area contributed by atoms with Crippen molar-refractivity contribution in [1.29, 1.82) is 0 Å². The minimum Gasteiger partial charge on any atom is -0.286 e. The summed E-state index contributed by atoms with van der Waals surface area (Å²) in [5.41, 5.74) is 1.45. The highest BCUT2D eigenvalue weighted by Crippen LogP contribution is 2.19. The van der Waals surface area contributed by atoms with Crippen LogP contribution < -0.4 is 0 Å². The van der Waals surface area contributed by atoms with Gasteiger partial charge in [-0.15, -0.1) is 0 Å². The van der Waals surface area contributed by atoms with E-state index >= 15 is 0 Å². The molecule has 0 bridgehead atoms. The molecule has 1 nitrogen and oxygen atoms in total. The first kappa shape index (κ1) is 11.2. The van der Waals surface area contributed by atoms with Gasteiger partial charge in [0.05, 0.1) is 0 Å². The van der Waals surface area contributed by atoms with Crippen molar-refractivity contribution < 1.29 is 4.79 Å². The summed E-state index contributed by atoms with van der Waals surface area (Å²) in [6.07, 6.45) is 2.51. The van der Waals surface area contributed by atoms with Crippen LogP contribution in [0.5, 0.6) is 0 Å². The molecule has 0 rings (SSSR count). The second-order valence-electron chi connectivity index (χ2n) is 2.75. The molecule has 0 radical (unpaired) electrons. The Hall–Kier alpha value is 0.180. The Bertz CT molecular complexity index is 154. The predicted molar refractivity (Wildman–Crippen MR) is 51.9 cm³/mol. The number of hydrogen-bond acceptors (Lipinski definition) is 1. The van der Waals surface area contributed by atoms with Gasteiger partial charge in [-0.2, -0.15) is 0 Å². The lowest BCUT2D eigenvalue weighted by atomic mass is 9.94. The van der Waals surface area contributed by atoms with E-state index in [9.17, 15) is 4.79 Å². The van der Waals surface area contributed by atoms with Gasteiger partial charge in [-0.3, -0.25) is 4.79 Å². The smallest absolute Gasteiger partial charge is 0.201 e. The van der Waals surface area contributed by atoms with Crippen molar-refractivity contribution in [2.24, 2.45) is 11.8 Å². The van der Waals surface area contributed by atoms with Crippen molar-refractivity contribution in [3.63, 3.8) is 0 Å². The lowest BCUT2D eigenvalue weighted by molar-refractivity contribution is -0.114. The highest BCUT2D eigenvalue weighted by atomic mass is 79.9. The van der Waals surface area contributed by atoms with E-state index in [4.69, 9.17) is 11.6 Å². The van der Waals surface area contributed by atoms with Crippen molar-refractivity contribution in [1.82, 2.24) is 0 Å². The lowest BCUT2D eigenvalue weighted by Gasteiger charge is -2.13. The molecular formula is C8H12BrClO. The summed E-state index contributed by atoms with van der Waals surface area (Å²) in [6.45, 7) is 4.04. The lowest BCUT2D eigenvalue weighted by Crippen LogP contribution is -2.14. The summed E-state index contributed by atoms with van der Waals surface area (Å²) in [6, 6.07) is 0. The summed E-state index contributed by atoms with van der Waals surface area (Å²) in [7, 11) is 0. The molecule has 0 aromatic rings. The number of hydrogen-bond donors (Lipinski definition) is 0. The second-order valence-corrected chi connectivity index (χ2v) is 3.79. The number of halogens is 2.